The largest absolute Gasteiger partial charge is 0.392 e. The van der Waals surface area contributed by atoms with Crippen molar-refractivity contribution < 1.29 is 9.90 Å². The Bertz CT molecular complexity index is 367. The van der Waals surface area contributed by atoms with E-state index in [1.807, 2.05) is 6.92 Å². The first-order valence-electron chi connectivity index (χ1n) is 9.47. The third-order valence-electron chi connectivity index (χ3n) is 5.43. The van der Waals surface area contributed by atoms with E-state index in [0.29, 0.717) is 11.9 Å². The van der Waals surface area contributed by atoms with Crippen molar-refractivity contribution >= 4 is 5.91 Å². The molecule has 0 radical (unpaired) electrons. The van der Waals surface area contributed by atoms with Gasteiger partial charge >= 0.3 is 0 Å². The third kappa shape index (κ3) is 5.16. The van der Waals surface area contributed by atoms with Crippen molar-refractivity contribution in [3.63, 3.8) is 0 Å². The van der Waals surface area contributed by atoms with Crippen LogP contribution in [0.3, 0.4) is 0 Å². The normalized spacial score (nSPS) is 27.5. The van der Waals surface area contributed by atoms with Gasteiger partial charge in [-0.25, -0.2) is 0 Å². The molecule has 2 rings (SSSR count). The Morgan fingerprint density at radius 1 is 1.09 bits per heavy atom. The van der Waals surface area contributed by atoms with E-state index in [1.54, 1.807) is 0 Å². The first kappa shape index (κ1) is 18.7. The lowest BCUT2D eigenvalue weighted by Gasteiger charge is -2.44. The van der Waals surface area contributed by atoms with Gasteiger partial charge in [0.2, 0.25) is 5.91 Å². The molecule has 2 aliphatic heterocycles. The summed E-state index contributed by atoms with van der Waals surface area (Å²) in [7, 11) is 0. The van der Waals surface area contributed by atoms with Crippen LogP contribution in [-0.4, -0.2) is 83.2 Å². The van der Waals surface area contributed by atoms with E-state index in [1.165, 1.54) is 12.8 Å². The number of rotatable bonds is 5. The summed E-state index contributed by atoms with van der Waals surface area (Å²) in [6.07, 6.45) is 5.60. The number of nitrogens with zero attached hydrogens (tertiary/aromatic N) is 3. The third-order valence-corrected chi connectivity index (χ3v) is 5.43. The number of carbonyl (C=O) groups is 1. The highest BCUT2D eigenvalue weighted by atomic mass is 16.3. The highest BCUT2D eigenvalue weighted by Gasteiger charge is 2.33. The van der Waals surface area contributed by atoms with Gasteiger partial charge in [-0.05, 0) is 33.1 Å². The first-order chi connectivity index (χ1) is 11.0. The number of amides is 1. The summed E-state index contributed by atoms with van der Waals surface area (Å²) in [5.74, 6) is 0.311. The zero-order chi connectivity index (χ0) is 16.8. The molecule has 23 heavy (non-hydrogen) atoms. The lowest BCUT2D eigenvalue weighted by Crippen LogP contribution is -2.59. The standard InChI is InChI=1S/C18H35N3O2/c1-4-17-14-20(11-12-21(17)13-15(2)22)16(3)18(23)19-9-7-5-6-8-10-19/h15-17,22H,4-14H2,1-3H3/t15-,16+,17-/m1/s1. The second kappa shape index (κ2) is 9.00. The summed E-state index contributed by atoms with van der Waals surface area (Å²) >= 11 is 0. The number of hydrogen-bond donors (Lipinski definition) is 1. The highest BCUT2D eigenvalue weighted by molar-refractivity contribution is 5.81. The summed E-state index contributed by atoms with van der Waals surface area (Å²) in [4.78, 5) is 19.6. The molecule has 0 aliphatic carbocycles. The second-order valence-corrected chi connectivity index (χ2v) is 7.32. The second-order valence-electron chi connectivity index (χ2n) is 7.32. The summed E-state index contributed by atoms with van der Waals surface area (Å²) in [5, 5.41) is 9.66. The minimum atomic E-state index is -0.285. The van der Waals surface area contributed by atoms with Crippen molar-refractivity contribution in [3.8, 4) is 0 Å². The molecule has 2 fully saturated rings. The molecule has 2 saturated heterocycles. The molecule has 5 heteroatoms. The summed E-state index contributed by atoms with van der Waals surface area (Å²) in [5.41, 5.74) is 0. The number of aliphatic hydroxyl groups excluding tert-OH is 1. The maximum Gasteiger partial charge on any atom is 0.239 e. The van der Waals surface area contributed by atoms with Gasteiger partial charge in [-0.1, -0.05) is 19.8 Å². The summed E-state index contributed by atoms with van der Waals surface area (Å²) < 4.78 is 0. The first-order valence-corrected chi connectivity index (χ1v) is 9.47. The van der Waals surface area contributed by atoms with E-state index in [2.05, 4.69) is 28.5 Å². The fourth-order valence-electron chi connectivity index (χ4n) is 3.95. The molecule has 1 amide bonds. The molecule has 0 unspecified atom stereocenters. The van der Waals surface area contributed by atoms with Gasteiger partial charge in [0.05, 0.1) is 12.1 Å². The van der Waals surface area contributed by atoms with Crippen molar-refractivity contribution in [2.24, 2.45) is 0 Å². The molecule has 0 bridgehead atoms. The van der Waals surface area contributed by atoms with E-state index < -0.39 is 0 Å². The maximum atomic E-state index is 12.8. The Kier molecular flexibility index (Phi) is 7.31. The van der Waals surface area contributed by atoms with E-state index in [-0.39, 0.29) is 12.1 Å². The zero-order valence-corrected chi connectivity index (χ0v) is 15.2. The Hall–Kier alpha value is -0.650. The number of β-amino-alcohol motifs (C(OH)–C–C–N with tert-alkyl or cyclic N) is 1. The summed E-state index contributed by atoms with van der Waals surface area (Å²) in [6, 6.07) is 0.425. The van der Waals surface area contributed by atoms with Crippen molar-refractivity contribution in [3.05, 3.63) is 0 Å². The van der Waals surface area contributed by atoms with Crippen molar-refractivity contribution in [2.75, 3.05) is 39.3 Å². The molecule has 0 aromatic rings. The molecule has 3 atom stereocenters. The van der Waals surface area contributed by atoms with Gasteiger partial charge in [0.25, 0.3) is 0 Å². The molecule has 0 saturated carbocycles. The van der Waals surface area contributed by atoms with Crippen LogP contribution < -0.4 is 0 Å². The van der Waals surface area contributed by atoms with Crippen molar-refractivity contribution in [2.45, 2.75) is 71.1 Å². The predicted molar refractivity (Wildman–Crippen MR) is 93.4 cm³/mol. The quantitative estimate of drug-likeness (QED) is 0.833. The number of likely N-dealkylation sites (tertiary alicyclic amines) is 1. The summed E-state index contributed by atoms with van der Waals surface area (Å²) in [6.45, 7) is 11.5. The van der Waals surface area contributed by atoms with Crippen LogP contribution in [0.4, 0.5) is 0 Å². The lowest BCUT2D eigenvalue weighted by atomic mass is 10.1. The van der Waals surface area contributed by atoms with E-state index in [9.17, 15) is 9.90 Å². The van der Waals surface area contributed by atoms with Crippen LogP contribution in [0.1, 0.15) is 52.9 Å². The molecule has 0 aromatic heterocycles. The van der Waals surface area contributed by atoms with Gasteiger partial charge in [0.1, 0.15) is 0 Å². The van der Waals surface area contributed by atoms with Crippen LogP contribution in [0.2, 0.25) is 0 Å². The number of aliphatic hydroxyl groups is 1. The van der Waals surface area contributed by atoms with Crippen molar-refractivity contribution in [1.82, 2.24) is 14.7 Å². The minimum absolute atomic E-state index is 0.0177. The van der Waals surface area contributed by atoms with Gasteiger partial charge in [0.15, 0.2) is 0 Å². The smallest absolute Gasteiger partial charge is 0.239 e. The van der Waals surface area contributed by atoms with Gasteiger partial charge in [-0.15, -0.1) is 0 Å². The Labute approximate surface area is 141 Å². The molecular formula is C18H35N3O2. The topological polar surface area (TPSA) is 47.0 Å². The number of piperazine rings is 1. The van der Waals surface area contributed by atoms with Crippen LogP contribution in [0.25, 0.3) is 0 Å². The van der Waals surface area contributed by atoms with Crippen LogP contribution in [0.15, 0.2) is 0 Å². The maximum absolute atomic E-state index is 12.8. The van der Waals surface area contributed by atoms with Gasteiger partial charge in [0, 0.05) is 45.3 Å². The Balaban J connectivity index is 1.91. The van der Waals surface area contributed by atoms with Crippen LogP contribution in [0.5, 0.6) is 0 Å². The van der Waals surface area contributed by atoms with Crippen molar-refractivity contribution in [1.29, 1.82) is 0 Å². The highest BCUT2D eigenvalue weighted by Crippen LogP contribution is 2.18. The molecular weight excluding hydrogens is 290 g/mol. The van der Waals surface area contributed by atoms with Gasteiger partial charge < -0.3 is 10.0 Å². The molecule has 2 aliphatic rings. The number of carbonyl (C=O) groups excluding carboxylic acids is 1. The lowest BCUT2D eigenvalue weighted by molar-refractivity contribution is -0.137. The van der Waals surface area contributed by atoms with E-state index in [4.69, 9.17) is 0 Å². The molecule has 1 N–H and O–H groups in total. The number of hydrogen-bond acceptors (Lipinski definition) is 4. The van der Waals surface area contributed by atoms with Gasteiger partial charge in [-0.3, -0.25) is 14.6 Å². The fraction of sp³-hybridized carbons (Fsp3) is 0.944. The molecule has 0 aromatic carbocycles. The molecule has 134 valence electrons. The molecule has 5 nitrogen and oxygen atoms in total. The molecule has 0 spiro atoms. The zero-order valence-electron chi connectivity index (χ0n) is 15.2. The molecule has 2 heterocycles. The average molecular weight is 325 g/mol. The van der Waals surface area contributed by atoms with Crippen LogP contribution >= 0.6 is 0 Å². The SMILES string of the molecule is CC[C@@H]1CN([C@@H](C)C(=O)N2CCCCCC2)CCN1C[C@@H](C)O. The predicted octanol–water partition coefficient (Wildman–Crippen LogP) is 1.55. The fourth-order valence-corrected chi connectivity index (χ4v) is 3.95. The average Bonchev–Trinajstić information content (AvgIpc) is 2.82. The van der Waals surface area contributed by atoms with Gasteiger partial charge in [-0.2, -0.15) is 0 Å². The van der Waals surface area contributed by atoms with Crippen LogP contribution in [-0.2, 0) is 4.79 Å². The van der Waals surface area contributed by atoms with E-state index >= 15 is 0 Å². The van der Waals surface area contributed by atoms with E-state index in [0.717, 1.165) is 58.5 Å². The Morgan fingerprint density at radius 3 is 2.30 bits per heavy atom. The minimum Gasteiger partial charge on any atom is -0.392 e. The van der Waals surface area contributed by atoms with Crippen LogP contribution in [0, 0.1) is 0 Å². The monoisotopic (exact) mass is 325 g/mol. The Morgan fingerprint density at radius 2 is 1.74 bits per heavy atom.